The fourth-order valence-electron chi connectivity index (χ4n) is 4.15. The highest BCUT2D eigenvalue weighted by atomic mass is 35.5. The quantitative estimate of drug-likeness (QED) is 0.226. The van der Waals surface area contributed by atoms with Gasteiger partial charge in [0.05, 0.1) is 17.8 Å². The minimum absolute atomic E-state index is 0. The molecular formula is C29H32Cl3N3O2. The SMILES string of the molecule is CCN(CC)c1ccc(OC(=O)c2ccc(Cl)cc2)c(/C=C/C2=NCCN(C)c3ccccc32)c1.Cl.Cl. The summed E-state index contributed by atoms with van der Waals surface area (Å²) in [5.74, 6) is 0.0717. The summed E-state index contributed by atoms with van der Waals surface area (Å²) in [5, 5.41) is 0.573. The van der Waals surface area contributed by atoms with Crippen molar-refractivity contribution in [3.63, 3.8) is 0 Å². The molecule has 1 heterocycles. The molecule has 0 amide bonds. The zero-order valence-corrected chi connectivity index (χ0v) is 23.6. The van der Waals surface area contributed by atoms with E-state index in [0.717, 1.165) is 47.8 Å². The number of rotatable bonds is 7. The summed E-state index contributed by atoms with van der Waals surface area (Å²) in [6.07, 6.45) is 4.00. The molecule has 8 heteroatoms. The van der Waals surface area contributed by atoms with Crippen molar-refractivity contribution in [3.8, 4) is 5.75 Å². The number of benzene rings is 3. The van der Waals surface area contributed by atoms with Crippen molar-refractivity contribution in [2.24, 2.45) is 4.99 Å². The molecule has 1 aliphatic rings. The van der Waals surface area contributed by atoms with E-state index in [4.69, 9.17) is 21.3 Å². The third-order valence-electron chi connectivity index (χ3n) is 6.13. The number of anilines is 2. The minimum Gasteiger partial charge on any atom is -0.422 e. The summed E-state index contributed by atoms with van der Waals surface area (Å²) in [6, 6.07) is 20.9. The van der Waals surface area contributed by atoms with Crippen LogP contribution in [-0.2, 0) is 0 Å². The lowest BCUT2D eigenvalue weighted by Gasteiger charge is -2.22. The van der Waals surface area contributed by atoms with Crippen molar-refractivity contribution in [1.29, 1.82) is 0 Å². The van der Waals surface area contributed by atoms with E-state index in [1.54, 1.807) is 24.3 Å². The number of halogens is 3. The van der Waals surface area contributed by atoms with E-state index in [-0.39, 0.29) is 24.8 Å². The highest BCUT2D eigenvalue weighted by Crippen LogP contribution is 2.29. The number of aliphatic imine (C=N–C) groups is 1. The summed E-state index contributed by atoms with van der Waals surface area (Å²) in [4.78, 5) is 22.1. The molecule has 0 saturated heterocycles. The molecule has 4 rings (SSSR count). The molecule has 0 bridgehead atoms. The molecule has 0 fully saturated rings. The maximum Gasteiger partial charge on any atom is 0.343 e. The third-order valence-corrected chi connectivity index (χ3v) is 6.39. The maximum absolute atomic E-state index is 12.8. The maximum atomic E-state index is 12.8. The molecule has 37 heavy (non-hydrogen) atoms. The third kappa shape index (κ3) is 7.29. The Kier molecular flexibility index (Phi) is 11.5. The Morgan fingerprint density at radius 2 is 1.73 bits per heavy atom. The number of hydrogen-bond acceptors (Lipinski definition) is 5. The van der Waals surface area contributed by atoms with E-state index in [0.29, 0.717) is 22.9 Å². The van der Waals surface area contributed by atoms with Crippen LogP contribution in [0.25, 0.3) is 6.08 Å². The minimum atomic E-state index is -0.425. The van der Waals surface area contributed by atoms with Gasteiger partial charge in [0.1, 0.15) is 5.75 Å². The molecule has 0 spiro atoms. The first-order valence-corrected chi connectivity index (χ1v) is 12.3. The average Bonchev–Trinajstić information content (AvgIpc) is 3.03. The molecule has 1 aliphatic heterocycles. The second kappa shape index (κ2) is 14.1. The lowest BCUT2D eigenvalue weighted by atomic mass is 10.0. The van der Waals surface area contributed by atoms with Crippen molar-refractivity contribution >= 4 is 65.5 Å². The Balaban J connectivity index is 0.00000241. The topological polar surface area (TPSA) is 45.1 Å². The van der Waals surface area contributed by atoms with E-state index in [2.05, 4.69) is 48.9 Å². The number of allylic oxidation sites excluding steroid dienone is 1. The Labute approximate surface area is 236 Å². The zero-order valence-electron chi connectivity index (χ0n) is 21.2. The molecule has 0 radical (unpaired) electrons. The highest BCUT2D eigenvalue weighted by molar-refractivity contribution is 6.30. The van der Waals surface area contributed by atoms with Crippen LogP contribution in [0, 0.1) is 0 Å². The smallest absolute Gasteiger partial charge is 0.343 e. The summed E-state index contributed by atoms with van der Waals surface area (Å²) in [6.45, 7) is 7.59. The van der Waals surface area contributed by atoms with Gasteiger partial charge >= 0.3 is 5.97 Å². The van der Waals surface area contributed by atoms with Crippen LogP contribution in [0.1, 0.15) is 35.3 Å². The van der Waals surface area contributed by atoms with Gasteiger partial charge in [-0.05, 0) is 74.5 Å². The van der Waals surface area contributed by atoms with Crippen LogP contribution in [0.15, 0.2) is 77.8 Å². The van der Waals surface area contributed by atoms with Gasteiger partial charge in [0.2, 0.25) is 0 Å². The van der Waals surface area contributed by atoms with E-state index in [9.17, 15) is 4.79 Å². The van der Waals surface area contributed by atoms with Crippen LogP contribution in [0.5, 0.6) is 5.75 Å². The highest BCUT2D eigenvalue weighted by Gasteiger charge is 2.16. The molecule has 196 valence electrons. The van der Waals surface area contributed by atoms with Gasteiger partial charge in [0.15, 0.2) is 0 Å². The first-order chi connectivity index (χ1) is 17.0. The van der Waals surface area contributed by atoms with Crippen molar-refractivity contribution in [1.82, 2.24) is 0 Å². The normalized spacial score (nSPS) is 12.5. The molecule has 3 aromatic carbocycles. The van der Waals surface area contributed by atoms with Crippen LogP contribution in [0.2, 0.25) is 5.02 Å². The van der Waals surface area contributed by atoms with Gasteiger partial charge in [-0.15, -0.1) is 24.8 Å². The number of carbonyl (C=O) groups is 1. The van der Waals surface area contributed by atoms with Gasteiger partial charge in [-0.3, -0.25) is 4.99 Å². The fourth-order valence-corrected chi connectivity index (χ4v) is 4.28. The Morgan fingerprint density at radius 3 is 2.43 bits per heavy atom. The predicted octanol–water partition coefficient (Wildman–Crippen LogP) is 7.20. The summed E-state index contributed by atoms with van der Waals surface area (Å²) in [5.41, 5.74) is 5.48. The number of carbonyl (C=O) groups excluding carboxylic acids is 1. The van der Waals surface area contributed by atoms with Crippen LogP contribution < -0.4 is 14.5 Å². The van der Waals surface area contributed by atoms with Crippen molar-refractivity contribution < 1.29 is 9.53 Å². The summed E-state index contributed by atoms with van der Waals surface area (Å²) < 4.78 is 5.82. The van der Waals surface area contributed by atoms with E-state index in [1.165, 1.54) is 0 Å². The van der Waals surface area contributed by atoms with E-state index >= 15 is 0 Å². The molecule has 3 aromatic rings. The molecule has 0 aliphatic carbocycles. The monoisotopic (exact) mass is 559 g/mol. The van der Waals surface area contributed by atoms with Crippen LogP contribution in [-0.4, -0.2) is 44.9 Å². The van der Waals surface area contributed by atoms with Gasteiger partial charge < -0.3 is 14.5 Å². The Hall–Kier alpha value is -2.99. The molecule has 0 aromatic heterocycles. The number of hydrogen-bond donors (Lipinski definition) is 0. The predicted molar refractivity (Wildman–Crippen MR) is 161 cm³/mol. The number of benzodiazepines with no additional fused rings is 1. The number of fused-ring (bicyclic) bond motifs is 1. The second-order valence-electron chi connectivity index (χ2n) is 8.33. The van der Waals surface area contributed by atoms with E-state index in [1.807, 2.05) is 36.4 Å². The first kappa shape index (κ1) is 30.2. The number of nitrogens with zero attached hydrogens (tertiary/aromatic N) is 3. The number of likely N-dealkylation sites (N-methyl/N-ethyl adjacent to an activating group) is 1. The largest absolute Gasteiger partial charge is 0.422 e. The number of para-hydroxylation sites is 1. The number of ether oxygens (including phenoxy) is 1. The van der Waals surface area contributed by atoms with Gasteiger partial charge in [0.25, 0.3) is 0 Å². The van der Waals surface area contributed by atoms with Crippen molar-refractivity contribution in [2.75, 3.05) is 43.0 Å². The summed E-state index contributed by atoms with van der Waals surface area (Å²) >= 11 is 5.97. The standard InChI is InChI=1S/C29H30ClN3O2.2ClH/c1-4-33(5-2)24-15-17-28(35-29(34)21-10-13-23(30)14-11-21)22(20-24)12-16-26-25-8-6-7-9-27(25)32(3)19-18-31-26;;/h6-17,20H,4-5,18-19H2,1-3H3;2*1H/b16-12+;;. The molecule has 0 atom stereocenters. The lowest BCUT2D eigenvalue weighted by Crippen LogP contribution is -2.21. The van der Waals surface area contributed by atoms with Gasteiger partial charge in [-0.2, -0.15) is 0 Å². The van der Waals surface area contributed by atoms with Crippen molar-refractivity contribution in [2.45, 2.75) is 13.8 Å². The number of esters is 1. The Morgan fingerprint density at radius 1 is 1.03 bits per heavy atom. The second-order valence-corrected chi connectivity index (χ2v) is 8.77. The molecular weight excluding hydrogens is 529 g/mol. The average molecular weight is 561 g/mol. The molecule has 0 saturated carbocycles. The molecule has 5 nitrogen and oxygen atoms in total. The van der Waals surface area contributed by atoms with Crippen LogP contribution >= 0.6 is 36.4 Å². The summed E-state index contributed by atoms with van der Waals surface area (Å²) in [7, 11) is 2.09. The molecule has 0 N–H and O–H groups in total. The molecule has 0 unspecified atom stereocenters. The first-order valence-electron chi connectivity index (χ1n) is 11.9. The van der Waals surface area contributed by atoms with Crippen LogP contribution in [0.4, 0.5) is 11.4 Å². The van der Waals surface area contributed by atoms with Gasteiger partial charge in [-0.25, -0.2) is 4.79 Å². The van der Waals surface area contributed by atoms with E-state index < -0.39 is 5.97 Å². The Bertz CT molecular complexity index is 1260. The van der Waals surface area contributed by atoms with Gasteiger partial charge in [0, 0.05) is 54.2 Å². The van der Waals surface area contributed by atoms with Gasteiger partial charge in [-0.1, -0.05) is 29.8 Å². The lowest BCUT2D eigenvalue weighted by molar-refractivity contribution is 0.0734. The van der Waals surface area contributed by atoms with Crippen molar-refractivity contribution in [3.05, 3.63) is 94.5 Å². The zero-order chi connectivity index (χ0) is 24.8. The van der Waals surface area contributed by atoms with Crippen LogP contribution in [0.3, 0.4) is 0 Å². The fraction of sp³-hybridized carbons (Fsp3) is 0.241.